The van der Waals surface area contributed by atoms with E-state index in [2.05, 4.69) is 4.99 Å². The van der Waals surface area contributed by atoms with Gasteiger partial charge in [0.2, 0.25) is 0 Å². The third kappa shape index (κ3) is 3.21. The van der Waals surface area contributed by atoms with Gasteiger partial charge in [-0.3, -0.25) is 4.79 Å². The van der Waals surface area contributed by atoms with Gasteiger partial charge in [0.1, 0.15) is 16.7 Å². The van der Waals surface area contributed by atoms with Crippen molar-refractivity contribution in [3.8, 4) is 11.5 Å². The van der Waals surface area contributed by atoms with Crippen LogP contribution in [0.1, 0.15) is 15.9 Å². The Morgan fingerprint density at radius 3 is 2.71 bits per heavy atom. The standard InChI is InChI=1S/C18H17ClN2O3/c1-23-13-8-7-12(16(9-13)24-2)10-21-11-17(19)20-15-6-4-3-5-14(15)18(21)22/h3-9H,10-11H2,1-2H3. The maximum absolute atomic E-state index is 12.8. The smallest absolute Gasteiger partial charge is 0.256 e. The van der Waals surface area contributed by atoms with Gasteiger partial charge in [0.05, 0.1) is 38.6 Å². The van der Waals surface area contributed by atoms with Gasteiger partial charge in [-0.15, -0.1) is 0 Å². The fraction of sp³-hybridized carbons (Fsp3) is 0.222. The second kappa shape index (κ2) is 6.93. The van der Waals surface area contributed by atoms with Crippen LogP contribution in [-0.4, -0.2) is 36.7 Å². The summed E-state index contributed by atoms with van der Waals surface area (Å²) in [6.45, 7) is 0.621. The lowest BCUT2D eigenvalue weighted by molar-refractivity contribution is 0.0771. The predicted molar refractivity (Wildman–Crippen MR) is 93.7 cm³/mol. The number of fused-ring (bicyclic) bond motifs is 1. The quantitative estimate of drug-likeness (QED) is 0.851. The number of rotatable bonds is 4. The summed E-state index contributed by atoms with van der Waals surface area (Å²) in [5.74, 6) is 1.25. The molecule has 6 heteroatoms. The molecule has 0 atom stereocenters. The number of amides is 1. The Morgan fingerprint density at radius 1 is 1.17 bits per heavy atom. The number of aliphatic imine (C=N–C) groups is 1. The van der Waals surface area contributed by atoms with Crippen LogP contribution < -0.4 is 9.47 Å². The molecule has 1 amide bonds. The fourth-order valence-electron chi connectivity index (χ4n) is 2.63. The molecule has 0 aromatic heterocycles. The minimum Gasteiger partial charge on any atom is -0.497 e. The Labute approximate surface area is 145 Å². The molecule has 3 rings (SSSR count). The first-order valence-corrected chi connectivity index (χ1v) is 7.82. The lowest BCUT2D eigenvalue weighted by atomic mass is 10.1. The van der Waals surface area contributed by atoms with Crippen molar-refractivity contribution in [2.45, 2.75) is 6.54 Å². The first-order chi connectivity index (χ1) is 11.6. The number of halogens is 1. The number of ether oxygens (including phenoxy) is 2. The van der Waals surface area contributed by atoms with Crippen LogP contribution in [0.5, 0.6) is 11.5 Å². The number of methoxy groups -OCH3 is 2. The van der Waals surface area contributed by atoms with Gasteiger partial charge in [0.25, 0.3) is 5.91 Å². The van der Waals surface area contributed by atoms with E-state index in [9.17, 15) is 4.79 Å². The van der Waals surface area contributed by atoms with E-state index in [1.165, 1.54) is 0 Å². The van der Waals surface area contributed by atoms with Gasteiger partial charge in [-0.05, 0) is 24.3 Å². The molecule has 2 aromatic rings. The lowest BCUT2D eigenvalue weighted by Crippen LogP contribution is -2.32. The lowest BCUT2D eigenvalue weighted by Gasteiger charge is -2.22. The van der Waals surface area contributed by atoms with Gasteiger partial charge < -0.3 is 14.4 Å². The van der Waals surface area contributed by atoms with Crippen molar-refractivity contribution >= 4 is 28.4 Å². The Morgan fingerprint density at radius 2 is 1.96 bits per heavy atom. The molecule has 0 bridgehead atoms. The number of hydrogen-bond donors (Lipinski definition) is 0. The van der Waals surface area contributed by atoms with E-state index in [1.54, 1.807) is 37.3 Å². The van der Waals surface area contributed by atoms with Crippen molar-refractivity contribution in [3.05, 3.63) is 53.6 Å². The van der Waals surface area contributed by atoms with Crippen LogP contribution in [-0.2, 0) is 6.54 Å². The number of nitrogens with zero attached hydrogens (tertiary/aromatic N) is 2. The number of carbonyl (C=O) groups is 1. The summed E-state index contributed by atoms with van der Waals surface area (Å²) in [5, 5.41) is 0.376. The SMILES string of the molecule is COc1ccc(CN2CC(Cl)=Nc3ccccc3C2=O)c(OC)c1. The summed E-state index contributed by atoms with van der Waals surface area (Å²) in [7, 11) is 3.19. The topological polar surface area (TPSA) is 51.1 Å². The van der Waals surface area contributed by atoms with Crippen LogP contribution in [0.3, 0.4) is 0 Å². The highest BCUT2D eigenvalue weighted by Gasteiger charge is 2.24. The zero-order chi connectivity index (χ0) is 17.1. The molecule has 124 valence electrons. The Balaban J connectivity index is 1.93. The van der Waals surface area contributed by atoms with E-state index < -0.39 is 0 Å². The molecule has 5 nitrogen and oxygen atoms in total. The van der Waals surface area contributed by atoms with Crippen molar-refractivity contribution in [2.75, 3.05) is 20.8 Å². The second-order valence-electron chi connectivity index (χ2n) is 5.34. The summed E-state index contributed by atoms with van der Waals surface area (Å²) >= 11 is 6.20. The zero-order valence-corrected chi connectivity index (χ0v) is 14.2. The number of carbonyl (C=O) groups excluding carboxylic acids is 1. The third-order valence-electron chi connectivity index (χ3n) is 3.84. The number of benzene rings is 2. The number of para-hydroxylation sites is 1. The van der Waals surface area contributed by atoms with Crippen molar-refractivity contribution in [1.82, 2.24) is 4.90 Å². The summed E-state index contributed by atoms with van der Waals surface area (Å²) in [4.78, 5) is 18.8. The molecule has 0 saturated heterocycles. The molecule has 0 N–H and O–H groups in total. The summed E-state index contributed by atoms with van der Waals surface area (Å²) in [6, 6.07) is 12.7. The fourth-order valence-corrected chi connectivity index (χ4v) is 2.87. The third-order valence-corrected chi connectivity index (χ3v) is 4.04. The van der Waals surface area contributed by atoms with Crippen molar-refractivity contribution < 1.29 is 14.3 Å². The van der Waals surface area contributed by atoms with Gasteiger partial charge >= 0.3 is 0 Å². The molecule has 1 heterocycles. The molecule has 0 aliphatic carbocycles. The van der Waals surface area contributed by atoms with Crippen LogP contribution >= 0.6 is 11.6 Å². The predicted octanol–water partition coefficient (Wildman–Crippen LogP) is 3.63. The van der Waals surface area contributed by atoms with Crippen molar-refractivity contribution in [3.63, 3.8) is 0 Å². The van der Waals surface area contributed by atoms with Crippen LogP contribution in [0.25, 0.3) is 0 Å². The van der Waals surface area contributed by atoms with Crippen molar-refractivity contribution in [1.29, 1.82) is 0 Å². The molecule has 0 unspecified atom stereocenters. The molecule has 0 spiro atoms. The minimum atomic E-state index is -0.108. The number of hydrogen-bond acceptors (Lipinski definition) is 4. The van der Waals surface area contributed by atoms with Gasteiger partial charge in [-0.1, -0.05) is 23.7 Å². The van der Waals surface area contributed by atoms with Gasteiger partial charge in [-0.2, -0.15) is 0 Å². The summed E-state index contributed by atoms with van der Waals surface area (Å²) < 4.78 is 10.6. The monoisotopic (exact) mass is 344 g/mol. The second-order valence-corrected chi connectivity index (χ2v) is 5.78. The highest BCUT2D eigenvalue weighted by Crippen LogP contribution is 2.29. The molecule has 0 fully saturated rings. The molecular weight excluding hydrogens is 328 g/mol. The molecule has 24 heavy (non-hydrogen) atoms. The molecular formula is C18H17ClN2O3. The van der Waals surface area contributed by atoms with E-state index in [4.69, 9.17) is 21.1 Å². The minimum absolute atomic E-state index is 0.108. The molecule has 1 aliphatic heterocycles. The van der Waals surface area contributed by atoms with E-state index in [-0.39, 0.29) is 12.5 Å². The van der Waals surface area contributed by atoms with E-state index in [0.29, 0.717) is 34.5 Å². The summed E-state index contributed by atoms with van der Waals surface area (Å²) in [5.41, 5.74) is 2.01. The molecule has 1 aliphatic rings. The largest absolute Gasteiger partial charge is 0.497 e. The maximum Gasteiger partial charge on any atom is 0.256 e. The van der Waals surface area contributed by atoms with Gasteiger partial charge in [0.15, 0.2) is 0 Å². The average molecular weight is 345 g/mol. The van der Waals surface area contributed by atoms with Crippen LogP contribution in [0.15, 0.2) is 47.5 Å². The van der Waals surface area contributed by atoms with E-state index >= 15 is 0 Å². The molecule has 0 radical (unpaired) electrons. The highest BCUT2D eigenvalue weighted by atomic mass is 35.5. The highest BCUT2D eigenvalue weighted by molar-refractivity contribution is 6.66. The molecule has 2 aromatic carbocycles. The van der Waals surface area contributed by atoms with Crippen LogP contribution in [0, 0.1) is 0 Å². The first-order valence-electron chi connectivity index (χ1n) is 7.44. The van der Waals surface area contributed by atoms with Crippen LogP contribution in [0.4, 0.5) is 5.69 Å². The normalized spacial score (nSPS) is 13.9. The summed E-state index contributed by atoms with van der Waals surface area (Å²) in [6.07, 6.45) is 0. The van der Waals surface area contributed by atoms with Crippen molar-refractivity contribution in [2.24, 2.45) is 4.99 Å². The zero-order valence-electron chi connectivity index (χ0n) is 13.5. The first kappa shape index (κ1) is 16.3. The Bertz CT molecular complexity index is 805. The molecule has 0 saturated carbocycles. The Kier molecular flexibility index (Phi) is 4.71. The Hall–Kier alpha value is -2.53. The van der Waals surface area contributed by atoms with Crippen LogP contribution in [0.2, 0.25) is 0 Å². The van der Waals surface area contributed by atoms with Gasteiger partial charge in [0, 0.05) is 11.6 Å². The maximum atomic E-state index is 12.8. The van der Waals surface area contributed by atoms with Gasteiger partial charge in [-0.25, -0.2) is 4.99 Å². The van der Waals surface area contributed by atoms with E-state index in [0.717, 1.165) is 5.56 Å². The average Bonchev–Trinajstić information content (AvgIpc) is 2.72. The van der Waals surface area contributed by atoms with E-state index in [1.807, 2.05) is 24.3 Å².